The lowest BCUT2D eigenvalue weighted by molar-refractivity contribution is 0.145. The summed E-state index contributed by atoms with van der Waals surface area (Å²) in [6, 6.07) is 0.894. The summed E-state index contributed by atoms with van der Waals surface area (Å²) < 4.78 is 13.5. The molecule has 3 atom stereocenters. The molecule has 0 N–H and O–H groups in total. The van der Waals surface area contributed by atoms with E-state index in [1.165, 1.54) is 0 Å². The van der Waals surface area contributed by atoms with E-state index in [-0.39, 0.29) is 5.92 Å². The molecule has 78 valence electrons. The van der Waals surface area contributed by atoms with Crippen LogP contribution in [0.2, 0.25) is 0 Å². The molecule has 0 bridgehead atoms. The van der Waals surface area contributed by atoms with Gasteiger partial charge in [-0.25, -0.2) is 4.39 Å². The van der Waals surface area contributed by atoms with Gasteiger partial charge in [0.15, 0.2) is 0 Å². The minimum atomic E-state index is -0.630. The quantitative estimate of drug-likeness (QED) is 0.642. The zero-order valence-corrected chi connectivity index (χ0v) is 9.42. The van der Waals surface area contributed by atoms with Crippen LogP contribution in [0, 0.1) is 11.8 Å². The normalized spacial score (nSPS) is 36.5. The van der Waals surface area contributed by atoms with Gasteiger partial charge in [0.1, 0.15) is 6.17 Å². The second kappa shape index (κ2) is 3.95. The molecule has 1 rings (SSSR count). The molecule has 1 nitrogen and oxygen atoms in total. The zero-order chi connectivity index (χ0) is 10.2. The molecule has 0 aromatic carbocycles. The van der Waals surface area contributed by atoms with E-state index >= 15 is 0 Å². The lowest BCUT2D eigenvalue weighted by Gasteiger charge is -2.32. The van der Waals surface area contributed by atoms with Crippen molar-refractivity contribution >= 4 is 0 Å². The van der Waals surface area contributed by atoms with Gasteiger partial charge in [-0.15, -0.1) is 0 Å². The Hall–Kier alpha value is -0.110. The van der Waals surface area contributed by atoms with Crippen molar-refractivity contribution in [2.24, 2.45) is 11.8 Å². The van der Waals surface area contributed by atoms with Crippen molar-refractivity contribution in [3.63, 3.8) is 0 Å². The summed E-state index contributed by atoms with van der Waals surface area (Å²) in [5.74, 6) is 0.751. The topological polar surface area (TPSA) is 3.24 Å². The maximum Gasteiger partial charge on any atom is 0.117 e. The number of rotatable bonds is 2. The van der Waals surface area contributed by atoms with Crippen LogP contribution in [0.1, 0.15) is 34.6 Å². The fourth-order valence-corrected chi connectivity index (χ4v) is 2.55. The first-order chi connectivity index (χ1) is 5.95. The first-order valence-electron chi connectivity index (χ1n) is 5.35. The third-order valence-electron chi connectivity index (χ3n) is 3.22. The van der Waals surface area contributed by atoms with Gasteiger partial charge in [-0.2, -0.15) is 0 Å². The number of hydrogen-bond acceptors (Lipinski definition) is 1. The summed E-state index contributed by atoms with van der Waals surface area (Å²) >= 11 is 0. The molecule has 0 aliphatic carbocycles. The minimum absolute atomic E-state index is 0.197. The van der Waals surface area contributed by atoms with E-state index < -0.39 is 6.17 Å². The van der Waals surface area contributed by atoms with Gasteiger partial charge >= 0.3 is 0 Å². The summed E-state index contributed by atoms with van der Waals surface area (Å²) in [4.78, 5) is 2.31. The van der Waals surface area contributed by atoms with Crippen molar-refractivity contribution in [2.75, 3.05) is 6.54 Å². The number of likely N-dealkylation sites (tertiary alicyclic amines) is 1. The Morgan fingerprint density at radius 1 is 1.23 bits per heavy atom. The van der Waals surface area contributed by atoms with Gasteiger partial charge in [0.25, 0.3) is 0 Å². The van der Waals surface area contributed by atoms with Crippen molar-refractivity contribution in [1.29, 1.82) is 0 Å². The van der Waals surface area contributed by atoms with Crippen molar-refractivity contribution in [2.45, 2.75) is 52.9 Å². The van der Waals surface area contributed by atoms with Crippen molar-refractivity contribution < 1.29 is 4.39 Å². The average Bonchev–Trinajstić information content (AvgIpc) is 2.28. The molecule has 1 aliphatic rings. The van der Waals surface area contributed by atoms with Crippen LogP contribution in [0.3, 0.4) is 0 Å². The molecule has 0 unspecified atom stereocenters. The highest BCUT2D eigenvalue weighted by molar-refractivity contribution is 4.93. The Morgan fingerprint density at radius 2 is 1.77 bits per heavy atom. The van der Waals surface area contributed by atoms with Gasteiger partial charge in [-0.3, -0.25) is 4.90 Å². The molecular formula is C11H22FN. The molecule has 1 aliphatic heterocycles. The van der Waals surface area contributed by atoms with Crippen LogP contribution in [0.25, 0.3) is 0 Å². The summed E-state index contributed by atoms with van der Waals surface area (Å²) in [5.41, 5.74) is 0. The van der Waals surface area contributed by atoms with Crippen molar-refractivity contribution in [3.05, 3.63) is 0 Å². The van der Waals surface area contributed by atoms with Crippen LogP contribution >= 0.6 is 0 Å². The maximum atomic E-state index is 13.5. The van der Waals surface area contributed by atoms with Crippen LogP contribution in [0.4, 0.5) is 4.39 Å². The third-order valence-corrected chi connectivity index (χ3v) is 3.22. The first kappa shape index (κ1) is 11.0. The molecule has 0 spiro atoms. The fraction of sp³-hybridized carbons (Fsp3) is 1.00. The van der Waals surface area contributed by atoms with E-state index in [4.69, 9.17) is 0 Å². The second-order valence-electron chi connectivity index (χ2n) is 4.90. The van der Waals surface area contributed by atoms with E-state index in [9.17, 15) is 4.39 Å². The SMILES string of the molecule is CC(C)[C@@H]1[C@@H](C)[C@@H](F)CN1C(C)C. The van der Waals surface area contributed by atoms with Crippen LogP contribution in [-0.4, -0.2) is 29.7 Å². The Balaban J connectivity index is 2.74. The van der Waals surface area contributed by atoms with Gasteiger partial charge in [0.2, 0.25) is 0 Å². The van der Waals surface area contributed by atoms with Gasteiger partial charge in [0.05, 0.1) is 0 Å². The molecule has 13 heavy (non-hydrogen) atoms. The summed E-state index contributed by atoms with van der Waals surface area (Å²) in [7, 11) is 0. The van der Waals surface area contributed by atoms with E-state index in [1.54, 1.807) is 0 Å². The summed E-state index contributed by atoms with van der Waals surface area (Å²) in [6.07, 6.45) is -0.630. The molecule has 0 aromatic heterocycles. The molecule has 0 amide bonds. The van der Waals surface area contributed by atoms with Gasteiger partial charge in [-0.05, 0) is 19.8 Å². The van der Waals surface area contributed by atoms with Crippen LogP contribution in [-0.2, 0) is 0 Å². The van der Waals surface area contributed by atoms with Gasteiger partial charge < -0.3 is 0 Å². The Morgan fingerprint density at radius 3 is 2.08 bits per heavy atom. The highest BCUT2D eigenvalue weighted by atomic mass is 19.1. The molecule has 0 aromatic rings. The molecule has 1 fully saturated rings. The van der Waals surface area contributed by atoms with Crippen LogP contribution in [0.15, 0.2) is 0 Å². The van der Waals surface area contributed by atoms with E-state index in [2.05, 4.69) is 32.6 Å². The third kappa shape index (κ3) is 2.04. The fourth-order valence-electron chi connectivity index (χ4n) is 2.55. The van der Waals surface area contributed by atoms with Crippen molar-refractivity contribution in [3.8, 4) is 0 Å². The van der Waals surface area contributed by atoms with Gasteiger partial charge in [0, 0.05) is 24.5 Å². The molecular weight excluding hydrogens is 165 g/mol. The van der Waals surface area contributed by atoms with E-state index in [1.807, 2.05) is 6.92 Å². The summed E-state index contributed by atoms with van der Waals surface area (Å²) in [6.45, 7) is 11.4. The predicted molar refractivity (Wildman–Crippen MR) is 54.5 cm³/mol. The van der Waals surface area contributed by atoms with E-state index in [0.29, 0.717) is 24.5 Å². The molecule has 1 heterocycles. The number of hydrogen-bond donors (Lipinski definition) is 0. The lowest BCUT2D eigenvalue weighted by atomic mass is 9.91. The molecule has 1 saturated heterocycles. The predicted octanol–water partition coefficient (Wildman–Crippen LogP) is 2.71. The Labute approximate surface area is 81.3 Å². The Bertz CT molecular complexity index is 167. The van der Waals surface area contributed by atoms with Gasteiger partial charge in [-0.1, -0.05) is 20.8 Å². The van der Waals surface area contributed by atoms with Crippen molar-refractivity contribution in [1.82, 2.24) is 4.90 Å². The monoisotopic (exact) mass is 187 g/mol. The number of nitrogens with zero attached hydrogens (tertiary/aromatic N) is 1. The highest BCUT2D eigenvalue weighted by Gasteiger charge is 2.41. The standard InChI is InChI=1S/C11H22FN/c1-7(2)11-9(5)10(12)6-13(11)8(3)4/h7-11H,6H2,1-5H3/t9-,10-,11+/m0/s1. The second-order valence-corrected chi connectivity index (χ2v) is 4.90. The zero-order valence-electron chi connectivity index (χ0n) is 9.42. The van der Waals surface area contributed by atoms with E-state index in [0.717, 1.165) is 0 Å². The molecule has 0 radical (unpaired) electrons. The highest BCUT2D eigenvalue weighted by Crippen LogP contribution is 2.32. The largest absolute Gasteiger partial charge is 0.294 e. The maximum absolute atomic E-state index is 13.5. The molecule has 0 saturated carbocycles. The number of alkyl halides is 1. The molecule has 2 heteroatoms. The smallest absolute Gasteiger partial charge is 0.117 e. The Kier molecular flexibility index (Phi) is 3.33. The van der Waals surface area contributed by atoms with Crippen LogP contribution in [0.5, 0.6) is 0 Å². The van der Waals surface area contributed by atoms with Crippen LogP contribution < -0.4 is 0 Å². The lowest BCUT2D eigenvalue weighted by Crippen LogP contribution is -2.40. The first-order valence-corrected chi connectivity index (χ1v) is 5.35. The number of halogens is 1. The average molecular weight is 187 g/mol. The summed E-state index contributed by atoms with van der Waals surface area (Å²) in [5, 5.41) is 0. The minimum Gasteiger partial charge on any atom is -0.294 e.